The van der Waals surface area contributed by atoms with Crippen molar-refractivity contribution in [3.63, 3.8) is 0 Å². The molecule has 3 rings (SSSR count). The summed E-state index contributed by atoms with van der Waals surface area (Å²) in [6, 6.07) is 4.23. The number of nitro benzene ring substituents is 1. The number of benzene rings is 1. The predicted octanol–water partition coefficient (Wildman–Crippen LogP) is 5.50. The van der Waals surface area contributed by atoms with Crippen molar-refractivity contribution in [2.75, 3.05) is 13.1 Å². The highest BCUT2D eigenvalue weighted by molar-refractivity contribution is 6.35. The molecule has 1 saturated heterocycles. The molecule has 0 aliphatic carbocycles. The number of pyridine rings is 1. The molecule has 1 aliphatic rings. The van der Waals surface area contributed by atoms with E-state index in [9.17, 15) is 19.7 Å². The van der Waals surface area contributed by atoms with Crippen LogP contribution in [0.1, 0.15) is 56.8 Å². The average molecular weight is 466 g/mol. The van der Waals surface area contributed by atoms with Gasteiger partial charge < -0.3 is 9.64 Å². The molecule has 0 N–H and O–H groups in total. The van der Waals surface area contributed by atoms with Crippen LogP contribution >= 0.6 is 11.6 Å². The fraction of sp³-hybridized carbons (Fsp3) is 0.500. The van der Waals surface area contributed by atoms with Gasteiger partial charge in [0.05, 0.1) is 15.8 Å². The van der Waals surface area contributed by atoms with Crippen LogP contribution in [0.4, 0.5) is 14.9 Å². The predicted molar refractivity (Wildman–Crippen MR) is 118 cm³/mol. The van der Waals surface area contributed by atoms with E-state index in [1.807, 2.05) is 0 Å². The number of hydrogen-bond acceptors (Lipinski definition) is 6. The van der Waals surface area contributed by atoms with Gasteiger partial charge >= 0.3 is 6.09 Å². The number of ketones is 1. The third kappa shape index (κ3) is 5.32. The van der Waals surface area contributed by atoms with E-state index in [4.69, 9.17) is 16.3 Å². The van der Waals surface area contributed by atoms with Gasteiger partial charge in [0.2, 0.25) is 0 Å². The third-order valence-corrected chi connectivity index (χ3v) is 5.70. The van der Waals surface area contributed by atoms with Crippen LogP contribution in [-0.4, -0.2) is 51.0 Å². The van der Waals surface area contributed by atoms with Crippen molar-refractivity contribution in [3.8, 4) is 0 Å². The maximum atomic E-state index is 15.3. The number of halogens is 2. The van der Waals surface area contributed by atoms with Gasteiger partial charge in [0, 0.05) is 31.3 Å². The highest BCUT2D eigenvalue weighted by Gasteiger charge is 2.37. The minimum Gasteiger partial charge on any atom is -0.444 e. The van der Waals surface area contributed by atoms with Crippen molar-refractivity contribution in [1.82, 2.24) is 9.88 Å². The van der Waals surface area contributed by atoms with Crippen molar-refractivity contribution >= 4 is 40.1 Å². The van der Waals surface area contributed by atoms with E-state index in [0.717, 1.165) is 0 Å². The van der Waals surface area contributed by atoms with Crippen molar-refractivity contribution in [2.24, 2.45) is 0 Å². The van der Waals surface area contributed by atoms with Crippen molar-refractivity contribution in [2.45, 2.75) is 57.7 Å². The van der Waals surface area contributed by atoms with Crippen molar-refractivity contribution < 1.29 is 23.6 Å². The summed E-state index contributed by atoms with van der Waals surface area (Å²) in [4.78, 5) is 41.4. The molecule has 172 valence electrons. The summed E-state index contributed by atoms with van der Waals surface area (Å²) in [7, 11) is 0. The average Bonchev–Trinajstić information content (AvgIpc) is 2.70. The number of aromatic nitrogens is 1. The number of rotatable bonds is 5. The van der Waals surface area contributed by atoms with Gasteiger partial charge in [-0.25, -0.2) is 9.18 Å². The van der Waals surface area contributed by atoms with Crippen LogP contribution < -0.4 is 0 Å². The molecule has 0 radical (unpaired) electrons. The largest absolute Gasteiger partial charge is 0.444 e. The Balaban J connectivity index is 1.69. The Morgan fingerprint density at radius 3 is 2.59 bits per heavy atom. The Morgan fingerprint density at radius 1 is 1.34 bits per heavy atom. The minimum absolute atomic E-state index is 0.0308. The third-order valence-electron chi connectivity index (χ3n) is 5.41. The van der Waals surface area contributed by atoms with Gasteiger partial charge in [0.15, 0.2) is 5.78 Å². The van der Waals surface area contributed by atoms with Crippen LogP contribution in [0.3, 0.4) is 0 Å². The molecule has 1 amide bonds. The monoisotopic (exact) mass is 465 g/mol. The van der Waals surface area contributed by atoms with Gasteiger partial charge in [-0.05, 0) is 58.2 Å². The SMILES string of the molecule is CC(C)(C)OC(=O)N1CCC(F)(CCC(=O)c2cc(Cl)c([N+](=O)[O-])c3cccnc23)CC1. The zero-order valence-electron chi connectivity index (χ0n) is 18.2. The number of piperidine rings is 1. The maximum absolute atomic E-state index is 15.3. The number of ether oxygens (including phenoxy) is 1. The van der Waals surface area contributed by atoms with Crippen LogP contribution in [0.5, 0.6) is 0 Å². The van der Waals surface area contributed by atoms with E-state index in [1.54, 1.807) is 20.8 Å². The molecule has 0 bridgehead atoms. The molecule has 1 fully saturated rings. The fourth-order valence-corrected chi connectivity index (χ4v) is 4.02. The quantitative estimate of drug-likeness (QED) is 0.328. The Kier molecular flexibility index (Phi) is 6.69. The van der Waals surface area contributed by atoms with E-state index in [2.05, 4.69) is 4.98 Å². The van der Waals surface area contributed by atoms with Gasteiger partial charge in [-0.2, -0.15) is 0 Å². The second-order valence-electron chi connectivity index (χ2n) is 8.95. The summed E-state index contributed by atoms with van der Waals surface area (Å²) < 4.78 is 20.6. The number of amides is 1. The van der Waals surface area contributed by atoms with Crippen molar-refractivity contribution in [3.05, 3.63) is 45.1 Å². The molecule has 32 heavy (non-hydrogen) atoms. The highest BCUT2D eigenvalue weighted by atomic mass is 35.5. The number of alkyl halides is 1. The van der Waals surface area contributed by atoms with Gasteiger partial charge in [-0.1, -0.05) is 11.6 Å². The number of likely N-dealkylation sites (tertiary alicyclic amines) is 1. The summed E-state index contributed by atoms with van der Waals surface area (Å²) in [6.45, 7) is 5.70. The molecule has 1 aromatic carbocycles. The van der Waals surface area contributed by atoms with E-state index in [0.29, 0.717) is 0 Å². The first-order chi connectivity index (χ1) is 14.9. The lowest BCUT2D eigenvalue weighted by molar-refractivity contribution is -0.382. The second kappa shape index (κ2) is 8.97. The summed E-state index contributed by atoms with van der Waals surface area (Å²) in [5, 5.41) is 11.4. The number of hydrogen-bond donors (Lipinski definition) is 0. The minimum atomic E-state index is -1.60. The molecule has 0 saturated carbocycles. The lowest BCUT2D eigenvalue weighted by Crippen LogP contribution is -2.46. The van der Waals surface area contributed by atoms with Crippen LogP contribution in [0.15, 0.2) is 24.4 Å². The number of carbonyl (C=O) groups excluding carboxylic acids is 2. The van der Waals surface area contributed by atoms with E-state index < -0.39 is 28.1 Å². The van der Waals surface area contributed by atoms with Crippen LogP contribution in [0.25, 0.3) is 10.9 Å². The second-order valence-corrected chi connectivity index (χ2v) is 9.36. The fourth-order valence-electron chi connectivity index (χ4n) is 3.74. The maximum Gasteiger partial charge on any atom is 0.410 e. The summed E-state index contributed by atoms with van der Waals surface area (Å²) in [6.07, 6.45) is 1.01. The molecule has 0 unspecified atom stereocenters. The topological polar surface area (TPSA) is 103 Å². The molecule has 2 aromatic rings. The first-order valence-electron chi connectivity index (χ1n) is 10.3. The Hall–Kier alpha value is -2.81. The standard InChI is InChI=1S/C22H25ClFN3O5/c1-21(2,3)32-20(29)26-11-8-22(24,9-12-26)7-6-17(28)15-13-16(23)19(27(30)31)14-5-4-10-25-18(14)15/h4-5,10,13H,6-9,11-12H2,1-3H3. The summed E-state index contributed by atoms with van der Waals surface area (Å²) in [5.74, 6) is -0.392. The van der Waals surface area contributed by atoms with Crippen LogP contribution in [-0.2, 0) is 4.74 Å². The van der Waals surface area contributed by atoms with Gasteiger partial charge in [0.25, 0.3) is 5.69 Å². The highest BCUT2D eigenvalue weighted by Crippen LogP contribution is 2.36. The molecule has 0 atom stereocenters. The van der Waals surface area contributed by atoms with E-state index in [-0.39, 0.29) is 65.9 Å². The number of carbonyl (C=O) groups is 2. The number of nitrogens with zero attached hydrogens (tertiary/aromatic N) is 3. The molecular formula is C22H25ClFN3O5. The zero-order chi connectivity index (χ0) is 23.7. The molecule has 1 aliphatic heterocycles. The molecule has 0 spiro atoms. The molecule has 2 heterocycles. The normalized spacial score (nSPS) is 16.1. The number of fused-ring (bicyclic) bond motifs is 1. The first-order valence-corrected chi connectivity index (χ1v) is 10.7. The van der Waals surface area contributed by atoms with Gasteiger partial charge in [0.1, 0.15) is 16.3 Å². The van der Waals surface area contributed by atoms with Crippen LogP contribution in [0.2, 0.25) is 5.02 Å². The Bertz CT molecular complexity index is 1060. The number of Topliss-reactive ketones (excluding diaryl/α,β-unsaturated/α-hetero) is 1. The lowest BCUT2D eigenvalue weighted by atomic mass is 9.87. The van der Waals surface area contributed by atoms with E-state index in [1.165, 1.54) is 29.3 Å². The molecule has 8 nitrogen and oxygen atoms in total. The molecular weight excluding hydrogens is 441 g/mol. The summed E-state index contributed by atoms with van der Waals surface area (Å²) in [5.41, 5.74) is -2.24. The Morgan fingerprint density at radius 2 is 2.00 bits per heavy atom. The lowest BCUT2D eigenvalue weighted by Gasteiger charge is -2.37. The summed E-state index contributed by atoms with van der Waals surface area (Å²) >= 11 is 6.07. The molecule has 10 heteroatoms. The van der Waals surface area contributed by atoms with Gasteiger partial charge in [-0.3, -0.25) is 19.9 Å². The zero-order valence-corrected chi connectivity index (χ0v) is 18.9. The number of nitro groups is 1. The van der Waals surface area contributed by atoms with E-state index >= 15 is 4.39 Å². The van der Waals surface area contributed by atoms with Crippen molar-refractivity contribution in [1.29, 1.82) is 0 Å². The molecule has 1 aromatic heterocycles. The smallest absolute Gasteiger partial charge is 0.410 e. The van der Waals surface area contributed by atoms with Crippen LogP contribution in [0, 0.1) is 10.1 Å². The van der Waals surface area contributed by atoms with Gasteiger partial charge in [-0.15, -0.1) is 0 Å². The first kappa shape index (κ1) is 23.8. The Labute approximate surface area is 189 Å².